The number of nitrogens with zero attached hydrogens (tertiary/aromatic N) is 4. The van der Waals surface area contributed by atoms with Gasteiger partial charge in [-0.05, 0) is 34.4 Å². The van der Waals surface area contributed by atoms with Crippen LogP contribution in [0.3, 0.4) is 0 Å². The van der Waals surface area contributed by atoms with E-state index in [0.717, 1.165) is 12.1 Å². The third kappa shape index (κ3) is 4.04. The van der Waals surface area contributed by atoms with Crippen molar-refractivity contribution >= 4 is 23.4 Å². The van der Waals surface area contributed by atoms with E-state index < -0.39 is 0 Å². The minimum Gasteiger partial charge on any atom is -0.325 e. The smallest absolute Gasteiger partial charge is 0.234 e. The summed E-state index contributed by atoms with van der Waals surface area (Å²) in [4.78, 5) is 12.1. The summed E-state index contributed by atoms with van der Waals surface area (Å²) in [5.74, 6) is 0.638. The molecule has 0 aliphatic rings. The number of benzene rings is 1. The van der Waals surface area contributed by atoms with Crippen LogP contribution in [-0.2, 0) is 11.8 Å². The second-order valence-corrected chi connectivity index (χ2v) is 5.76. The molecule has 0 aliphatic carbocycles. The standard InChI is InChI=1S/C14H19N5OS/c1-4-10(2)11-7-5-6-8-12(11)15-13(20)9-21-14-16-17-18-19(14)3/h5-8,10H,4,9H2,1-3H3,(H,15,20)/t10-/m0/s1. The van der Waals surface area contributed by atoms with Crippen LogP contribution in [0.15, 0.2) is 29.4 Å². The van der Waals surface area contributed by atoms with Gasteiger partial charge in [-0.2, -0.15) is 0 Å². The number of carbonyl (C=O) groups excluding carboxylic acids is 1. The van der Waals surface area contributed by atoms with E-state index in [1.54, 1.807) is 11.7 Å². The van der Waals surface area contributed by atoms with Gasteiger partial charge in [0.15, 0.2) is 0 Å². The molecule has 1 N–H and O–H groups in total. The van der Waals surface area contributed by atoms with Crippen molar-refractivity contribution in [3.05, 3.63) is 29.8 Å². The topological polar surface area (TPSA) is 72.7 Å². The molecule has 2 rings (SSSR count). The summed E-state index contributed by atoms with van der Waals surface area (Å²) in [7, 11) is 1.75. The van der Waals surface area contributed by atoms with Crippen LogP contribution in [0.4, 0.5) is 5.69 Å². The third-order valence-corrected chi connectivity index (χ3v) is 4.30. The maximum absolute atomic E-state index is 12.1. The van der Waals surface area contributed by atoms with Crippen molar-refractivity contribution in [3.8, 4) is 0 Å². The highest BCUT2D eigenvalue weighted by Crippen LogP contribution is 2.26. The van der Waals surface area contributed by atoms with Gasteiger partial charge < -0.3 is 5.32 Å². The van der Waals surface area contributed by atoms with Crippen molar-refractivity contribution in [2.24, 2.45) is 7.05 Å². The lowest BCUT2D eigenvalue weighted by Crippen LogP contribution is -2.16. The molecule has 0 radical (unpaired) electrons. The van der Waals surface area contributed by atoms with E-state index in [2.05, 4.69) is 40.8 Å². The molecule has 112 valence electrons. The van der Waals surface area contributed by atoms with Gasteiger partial charge >= 0.3 is 0 Å². The molecule has 0 saturated heterocycles. The van der Waals surface area contributed by atoms with Crippen molar-refractivity contribution in [1.82, 2.24) is 20.2 Å². The molecular weight excluding hydrogens is 286 g/mol. The predicted molar refractivity (Wildman–Crippen MR) is 83.3 cm³/mol. The van der Waals surface area contributed by atoms with E-state index in [1.807, 2.05) is 18.2 Å². The van der Waals surface area contributed by atoms with Gasteiger partial charge in [-0.3, -0.25) is 4.79 Å². The Balaban J connectivity index is 1.98. The molecule has 0 spiro atoms. The number of amides is 1. The average Bonchev–Trinajstić information content (AvgIpc) is 2.90. The Labute approximate surface area is 128 Å². The predicted octanol–water partition coefficient (Wildman–Crippen LogP) is 2.45. The Morgan fingerprint density at radius 1 is 1.43 bits per heavy atom. The number of aryl methyl sites for hydroxylation is 1. The lowest BCUT2D eigenvalue weighted by Gasteiger charge is -2.15. The van der Waals surface area contributed by atoms with Gasteiger partial charge in [-0.1, -0.05) is 43.8 Å². The fourth-order valence-electron chi connectivity index (χ4n) is 1.92. The number of thioether (sulfide) groups is 1. The number of rotatable bonds is 6. The summed E-state index contributed by atoms with van der Waals surface area (Å²) in [5, 5.41) is 14.7. The fourth-order valence-corrected chi connectivity index (χ4v) is 2.57. The lowest BCUT2D eigenvalue weighted by atomic mass is 9.97. The minimum atomic E-state index is -0.0567. The number of anilines is 1. The van der Waals surface area contributed by atoms with Gasteiger partial charge in [0.25, 0.3) is 0 Å². The highest BCUT2D eigenvalue weighted by atomic mass is 32.2. The molecule has 1 aromatic heterocycles. The molecule has 2 aromatic rings. The summed E-state index contributed by atoms with van der Waals surface area (Å²) in [6.07, 6.45) is 1.03. The Bertz CT molecular complexity index is 613. The van der Waals surface area contributed by atoms with Crippen molar-refractivity contribution in [3.63, 3.8) is 0 Å². The van der Waals surface area contributed by atoms with Gasteiger partial charge in [0.1, 0.15) is 0 Å². The molecule has 0 fully saturated rings. The molecule has 0 bridgehead atoms. The van der Waals surface area contributed by atoms with Crippen LogP contribution < -0.4 is 5.32 Å². The molecule has 6 nitrogen and oxygen atoms in total. The Hall–Kier alpha value is -1.89. The van der Waals surface area contributed by atoms with Gasteiger partial charge in [-0.15, -0.1) is 5.10 Å². The average molecular weight is 305 g/mol. The van der Waals surface area contributed by atoms with Crippen molar-refractivity contribution in [1.29, 1.82) is 0 Å². The monoisotopic (exact) mass is 305 g/mol. The van der Waals surface area contributed by atoms with E-state index in [9.17, 15) is 4.79 Å². The van der Waals surface area contributed by atoms with Crippen LogP contribution in [0.1, 0.15) is 31.7 Å². The largest absolute Gasteiger partial charge is 0.325 e. The van der Waals surface area contributed by atoms with Crippen molar-refractivity contribution < 1.29 is 4.79 Å². The molecule has 1 atom stereocenters. The van der Waals surface area contributed by atoms with E-state index in [0.29, 0.717) is 11.1 Å². The van der Waals surface area contributed by atoms with Crippen molar-refractivity contribution in [2.45, 2.75) is 31.3 Å². The van der Waals surface area contributed by atoms with Crippen LogP contribution in [-0.4, -0.2) is 31.9 Å². The molecule has 1 amide bonds. The summed E-state index contributed by atoms with van der Waals surface area (Å²) in [6.45, 7) is 4.30. The van der Waals surface area contributed by atoms with E-state index in [-0.39, 0.29) is 11.7 Å². The molecule has 7 heteroatoms. The summed E-state index contributed by atoms with van der Waals surface area (Å²) in [5.41, 5.74) is 2.05. The first kappa shape index (κ1) is 15.5. The van der Waals surface area contributed by atoms with Gasteiger partial charge in [0.05, 0.1) is 5.75 Å². The van der Waals surface area contributed by atoms with Crippen LogP contribution in [0.2, 0.25) is 0 Å². The van der Waals surface area contributed by atoms with Gasteiger partial charge in [-0.25, -0.2) is 4.68 Å². The number of aromatic nitrogens is 4. The highest BCUT2D eigenvalue weighted by molar-refractivity contribution is 7.99. The van der Waals surface area contributed by atoms with E-state index in [1.165, 1.54) is 17.3 Å². The molecule has 0 aliphatic heterocycles. The zero-order valence-electron chi connectivity index (χ0n) is 12.4. The Morgan fingerprint density at radius 2 is 2.19 bits per heavy atom. The maximum Gasteiger partial charge on any atom is 0.234 e. The van der Waals surface area contributed by atoms with Gasteiger partial charge in [0, 0.05) is 12.7 Å². The maximum atomic E-state index is 12.1. The Kier molecular flexibility index (Phi) is 5.32. The molecule has 1 heterocycles. The second-order valence-electron chi connectivity index (χ2n) is 4.82. The summed E-state index contributed by atoms with van der Waals surface area (Å²) < 4.78 is 1.55. The van der Waals surface area contributed by atoms with Crippen LogP contribution in [0.25, 0.3) is 0 Å². The number of para-hydroxylation sites is 1. The number of hydrogen-bond acceptors (Lipinski definition) is 5. The SMILES string of the molecule is CC[C@H](C)c1ccccc1NC(=O)CSc1nnnn1C. The summed E-state index contributed by atoms with van der Waals surface area (Å²) in [6, 6.07) is 7.93. The fraction of sp³-hybridized carbons (Fsp3) is 0.429. The quantitative estimate of drug-likeness (QED) is 0.830. The molecule has 1 aromatic carbocycles. The number of tetrazole rings is 1. The molecule has 21 heavy (non-hydrogen) atoms. The highest BCUT2D eigenvalue weighted by Gasteiger charge is 2.12. The lowest BCUT2D eigenvalue weighted by molar-refractivity contribution is -0.113. The zero-order chi connectivity index (χ0) is 15.2. The van der Waals surface area contributed by atoms with E-state index in [4.69, 9.17) is 0 Å². The summed E-state index contributed by atoms with van der Waals surface area (Å²) >= 11 is 1.32. The molecule has 0 unspecified atom stereocenters. The number of carbonyl (C=O) groups is 1. The second kappa shape index (κ2) is 7.21. The normalized spacial score (nSPS) is 12.1. The first-order valence-electron chi connectivity index (χ1n) is 6.85. The van der Waals surface area contributed by atoms with E-state index >= 15 is 0 Å². The van der Waals surface area contributed by atoms with Crippen LogP contribution in [0, 0.1) is 0 Å². The van der Waals surface area contributed by atoms with Gasteiger partial charge in [0.2, 0.25) is 11.1 Å². The first-order chi connectivity index (χ1) is 10.1. The Morgan fingerprint density at radius 3 is 2.86 bits per heavy atom. The molecular formula is C14H19N5OS. The third-order valence-electron chi connectivity index (χ3n) is 3.29. The first-order valence-corrected chi connectivity index (χ1v) is 7.84. The van der Waals surface area contributed by atoms with Crippen LogP contribution in [0.5, 0.6) is 0 Å². The number of hydrogen-bond donors (Lipinski definition) is 1. The zero-order valence-corrected chi connectivity index (χ0v) is 13.2. The van der Waals surface area contributed by atoms with Crippen molar-refractivity contribution in [2.75, 3.05) is 11.1 Å². The molecule has 0 saturated carbocycles. The minimum absolute atomic E-state index is 0.0567. The number of nitrogens with one attached hydrogen (secondary N) is 1. The van der Waals surface area contributed by atoms with Crippen LogP contribution >= 0.6 is 11.8 Å².